The van der Waals surface area contributed by atoms with E-state index in [0.717, 1.165) is 22.6 Å². The lowest BCUT2D eigenvalue weighted by Gasteiger charge is -2.29. The van der Waals surface area contributed by atoms with E-state index in [4.69, 9.17) is 11.6 Å². The summed E-state index contributed by atoms with van der Waals surface area (Å²) in [4.78, 5) is 12.2. The van der Waals surface area contributed by atoms with Crippen molar-refractivity contribution >= 4 is 49.4 Å². The molecule has 1 rings (SSSR count). The Hall–Kier alpha value is -0.0600. The maximum absolute atomic E-state index is 12.2. The average Bonchev–Trinajstić information content (AvgIpc) is 2.44. The van der Waals surface area contributed by atoms with Crippen LogP contribution in [0.25, 0.3) is 0 Å². The first-order valence-corrected chi connectivity index (χ1v) is 8.57. The van der Waals surface area contributed by atoms with Gasteiger partial charge in [-0.3, -0.25) is 4.79 Å². The predicted molar refractivity (Wildman–Crippen MR) is 88.3 cm³/mol. The number of hydrogen-bond acceptors (Lipinski definition) is 1. The predicted octanol–water partition coefficient (Wildman–Crippen LogP) is 5.03. The van der Waals surface area contributed by atoms with Gasteiger partial charge in [-0.15, -0.1) is 0 Å². The van der Waals surface area contributed by atoms with Crippen LogP contribution in [-0.2, 0) is 0 Å². The van der Waals surface area contributed by atoms with Crippen LogP contribution in [0.2, 0.25) is 5.02 Å². The monoisotopic (exact) mass is 409 g/mol. The van der Waals surface area contributed by atoms with E-state index >= 15 is 0 Å². The molecule has 0 bridgehead atoms. The van der Waals surface area contributed by atoms with Gasteiger partial charge in [0, 0.05) is 16.3 Å². The quantitative estimate of drug-likeness (QED) is 0.654. The summed E-state index contributed by atoms with van der Waals surface area (Å²) in [6.07, 6.45) is 2.03. The number of nitrogens with one attached hydrogen (secondary N) is 1. The lowest BCUT2D eigenvalue weighted by atomic mass is 9.84. The number of carbonyl (C=O) groups is 1. The van der Waals surface area contributed by atoms with Gasteiger partial charge in [-0.1, -0.05) is 47.4 Å². The molecular formula is C14H18Br2ClNO. The number of carbonyl (C=O) groups excluding carboxylic acids is 1. The van der Waals surface area contributed by atoms with Gasteiger partial charge < -0.3 is 5.32 Å². The molecule has 0 aromatic heterocycles. The summed E-state index contributed by atoms with van der Waals surface area (Å²) in [5.41, 5.74) is 0.612. The molecule has 0 saturated heterocycles. The van der Waals surface area contributed by atoms with Crippen LogP contribution in [0.1, 0.15) is 37.0 Å². The third-order valence-electron chi connectivity index (χ3n) is 3.60. The van der Waals surface area contributed by atoms with Gasteiger partial charge in [0.1, 0.15) is 0 Å². The van der Waals surface area contributed by atoms with Crippen molar-refractivity contribution in [3.8, 4) is 0 Å². The van der Waals surface area contributed by atoms with Gasteiger partial charge in [0.05, 0.1) is 10.6 Å². The average molecular weight is 412 g/mol. The first-order valence-electron chi connectivity index (χ1n) is 6.28. The Morgan fingerprint density at radius 3 is 2.53 bits per heavy atom. The molecule has 106 valence electrons. The molecule has 1 N–H and O–H groups in total. The molecule has 0 unspecified atom stereocenters. The lowest BCUT2D eigenvalue weighted by molar-refractivity contribution is 0.0932. The lowest BCUT2D eigenvalue weighted by Crippen LogP contribution is -2.38. The van der Waals surface area contributed by atoms with E-state index in [1.165, 1.54) is 0 Å². The molecule has 0 aliphatic rings. The number of rotatable bonds is 6. The summed E-state index contributed by atoms with van der Waals surface area (Å²) in [5.74, 6) is -0.126. The van der Waals surface area contributed by atoms with E-state index in [1.807, 2.05) is 12.1 Å². The molecule has 0 aliphatic heterocycles. The molecule has 0 atom stereocenters. The van der Waals surface area contributed by atoms with E-state index in [-0.39, 0.29) is 11.3 Å². The first-order chi connectivity index (χ1) is 8.99. The topological polar surface area (TPSA) is 29.1 Å². The van der Waals surface area contributed by atoms with E-state index < -0.39 is 0 Å². The molecule has 0 fully saturated rings. The van der Waals surface area contributed by atoms with Crippen LogP contribution in [0.5, 0.6) is 0 Å². The fourth-order valence-electron chi connectivity index (χ4n) is 1.78. The molecule has 1 aromatic rings. The van der Waals surface area contributed by atoms with Crippen molar-refractivity contribution in [2.45, 2.75) is 26.7 Å². The van der Waals surface area contributed by atoms with E-state index in [1.54, 1.807) is 6.07 Å². The zero-order chi connectivity index (χ0) is 14.5. The Kier molecular flexibility index (Phi) is 6.84. The Morgan fingerprint density at radius 2 is 2.00 bits per heavy atom. The van der Waals surface area contributed by atoms with Crippen molar-refractivity contribution in [2.24, 2.45) is 5.41 Å². The third kappa shape index (κ3) is 4.20. The Labute approximate surface area is 136 Å². The molecule has 0 spiro atoms. The number of amides is 1. The number of alkyl halides is 1. The van der Waals surface area contributed by atoms with E-state index in [9.17, 15) is 4.79 Å². The van der Waals surface area contributed by atoms with Crippen LogP contribution in [0.4, 0.5) is 0 Å². The summed E-state index contributed by atoms with van der Waals surface area (Å²) < 4.78 is 0.736. The number of benzene rings is 1. The molecular weight excluding hydrogens is 393 g/mol. The van der Waals surface area contributed by atoms with Crippen molar-refractivity contribution in [1.82, 2.24) is 5.32 Å². The third-order valence-corrected chi connectivity index (χ3v) is 6.09. The highest BCUT2D eigenvalue weighted by Crippen LogP contribution is 2.29. The maximum atomic E-state index is 12.2. The second-order valence-electron chi connectivity index (χ2n) is 4.62. The smallest absolute Gasteiger partial charge is 0.252 e. The SMILES string of the molecule is CCC(CC)(CBr)CNC(=O)c1cccc(Br)c1Cl. The van der Waals surface area contributed by atoms with Gasteiger partial charge in [0.2, 0.25) is 0 Å². The molecule has 0 radical (unpaired) electrons. The standard InChI is InChI=1S/C14H18Br2ClNO/c1-3-14(4-2,8-15)9-18-13(19)10-6-5-7-11(16)12(10)17/h5-7H,3-4,8-9H2,1-2H3,(H,18,19). The summed E-state index contributed by atoms with van der Waals surface area (Å²) in [7, 11) is 0. The molecule has 0 heterocycles. The fraction of sp³-hybridized carbons (Fsp3) is 0.500. The Balaban J connectivity index is 2.78. The highest BCUT2D eigenvalue weighted by Gasteiger charge is 2.26. The molecule has 1 amide bonds. The number of halogens is 3. The van der Waals surface area contributed by atoms with Gasteiger partial charge >= 0.3 is 0 Å². The summed E-state index contributed by atoms with van der Waals surface area (Å²) in [6, 6.07) is 5.36. The molecule has 1 aromatic carbocycles. The summed E-state index contributed by atoms with van der Waals surface area (Å²) in [5, 5.41) is 4.32. The van der Waals surface area contributed by atoms with Gasteiger partial charge in [-0.2, -0.15) is 0 Å². The van der Waals surface area contributed by atoms with Crippen molar-refractivity contribution < 1.29 is 4.79 Å². The Bertz CT molecular complexity index is 439. The van der Waals surface area contributed by atoms with Crippen LogP contribution in [-0.4, -0.2) is 17.8 Å². The van der Waals surface area contributed by atoms with Gasteiger partial charge in [-0.25, -0.2) is 0 Å². The second-order valence-corrected chi connectivity index (χ2v) is 6.42. The highest BCUT2D eigenvalue weighted by atomic mass is 79.9. The second kappa shape index (κ2) is 7.65. The van der Waals surface area contributed by atoms with Gasteiger partial charge in [-0.05, 0) is 46.3 Å². The summed E-state index contributed by atoms with van der Waals surface area (Å²) in [6.45, 7) is 4.93. The highest BCUT2D eigenvalue weighted by molar-refractivity contribution is 9.10. The van der Waals surface area contributed by atoms with Gasteiger partial charge in [0.25, 0.3) is 5.91 Å². The number of hydrogen-bond donors (Lipinski definition) is 1. The Morgan fingerprint density at radius 1 is 1.37 bits per heavy atom. The van der Waals surface area contributed by atoms with Crippen molar-refractivity contribution in [1.29, 1.82) is 0 Å². The summed E-state index contributed by atoms with van der Waals surface area (Å²) >= 11 is 13.0. The van der Waals surface area contributed by atoms with Crippen LogP contribution in [0, 0.1) is 5.41 Å². The van der Waals surface area contributed by atoms with Crippen LogP contribution < -0.4 is 5.32 Å². The molecule has 2 nitrogen and oxygen atoms in total. The zero-order valence-corrected chi connectivity index (χ0v) is 15.0. The minimum absolute atomic E-state index is 0.105. The van der Waals surface area contributed by atoms with Gasteiger partial charge in [0.15, 0.2) is 0 Å². The molecule has 5 heteroatoms. The van der Waals surface area contributed by atoms with Crippen molar-refractivity contribution in [3.63, 3.8) is 0 Å². The van der Waals surface area contributed by atoms with Crippen molar-refractivity contribution in [2.75, 3.05) is 11.9 Å². The van der Waals surface area contributed by atoms with Crippen molar-refractivity contribution in [3.05, 3.63) is 33.3 Å². The first kappa shape index (κ1) is 17.0. The molecule has 19 heavy (non-hydrogen) atoms. The van der Waals surface area contributed by atoms with E-state index in [2.05, 4.69) is 51.0 Å². The van der Waals surface area contributed by atoms with Crippen LogP contribution in [0.15, 0.2) is 22.7 Å². The van der Waals surface area contributed by atoms with Crippen LogP contribution >= 0.6 is 43.5 Å². The normalized spacial score (nSPS) is 11.4. The van der Waals surface area contributed by atoms with Crippen LogP contribution in [0.3, 0.4) is 0 Å². The molecule has 0 aliphatic carbocycles. The van der Waals surface area contributed by atoms with E-state index in [0.29, 0.717) is 17.1 Å². The maximum Gasteiger partial charge on any atom is 0.252 e. The zero-order valence-electron chi connectivity index (χ0n) is 11.1. The fourth-order valence-corrected chi connectivity index (χ4v) is 3.35. The molecule has 0 saturated carbocycles. The minimum atomic E-state index is -0.126. The minimum Gasteiger partial charge on any atom is -0.351 e. The largest absolute Gasteiger partial charge is 0.351 e.